The van der Waals surface area contributed by atoms with Crippen molar-refractivity contribution in [3.63, 3.8) is 0 Å². The van der Waals surface area contributed by atoms with Gasteiger partial charge in [-0.25, -0.2) is 0 Å². The van der Waals surface area contributed by atoms with Crippen molar-refractivity contribution in [2.24, 2.45) is 0 Å². The Labute approximate surface area is 205 Å². The van der Waals surface area contributed by atoms with E-state index in [0.717, 1.165) is 23.2 Å². The van der Waals surface area contributed by atoms with Crippen LogP contribution in [0.4, 0.5) is 11.4 Å². The number of hydrogen-bond donors (Lipinski definition) is 2. The van der Waals surface area contributed by atoms with Crippen molar-refractivity contribution in [1.29, 1.82) is 0 Å². The number of carbonyl (C=O) groups is 1. The van der Waals surface area contributed by atoms with Gasteiger partial charge in [-0.2, -0.15) is 0 Å². The molecule has 0 bridgehead atoms. The third-order valence-corrected chi connectivity index (χ3v) is 6.35. The van der Waals surface area contributed by atoms with Gasteiger partial charge in [0.2, 0.25) is 0 Å². The van der Waals surface area contributed by atoms with Gasteiger partial charge in [-0.1, -0.05) is 29.8 Å². The summed E-state index contributed by atoms with van der Waals surface area (Å²) in [7, 11) is 1.57. The number of nitrogens with zero attached hydrogens (tertiary/aromatic N) is 1. The Bertz CT molecular complexity index is 1180. The topological polar surface area (TPSA) is 71.0 Å². The molecule has 3 aromatic rings. The summed E-state index contributed by atoms with van der Waals surface area (Å²) in [6.45, 7) is 4.85. The van der Waals surface area contributed by atoms with Crippen molar-refractivity contribution in [2.45, 2.75) is 26.3 Å². The van der Waals surface area contributed by atoms with E-state index in [1.165, 1.54) is 11.1 Å². The Kier molecular flexibility index (Phi) is 7.29. The van der Waals surface area contributed by atoms with Crippen LogP contribution in [0.5, 0.6) is 11.5 Å². The molecule has 0 aliphatic carbocycles. The number of anilines is 2. The number of hydrogen-bond acceptors (Lipinski definition) is 5. The normalized spacial score (nSPS) is 13.4. The molecule has 1 heterocycles. The number of aliphatic hydroxyl groups excluding tert-OH is 1. The highest BCUT2D eigenvalue weighted by Crippen LogP contribution is 2.35. The summed E-state index contributed by atoms with van der Waals surface area (Å²) in [6, 6.07) is 16.3. The summed E-state index contributed by atoms with van der Waals surface area (Å²) in [5, 5.41) is 13.1. The van der Waals surface area contributed by atoms with Crippen molar-refractivity contribution < 1.29 is 19.4 Å². The third-order valence-electron chi connectivity index (χ3n) is 6.09. The average Bonchev–Trinajstić information content (AvgIpc) is 3.24. The first-order valence-electron chi connectivity index (χ1n) is 11.3. The number of aliphatic hydroxyl groups is 1. The van der Waals surface area contributed by atoms with Crippen molar-refractivity contribution in [3.05, 3.63) is 81.9 Å². The van der Waals surface area contributed by atoms with Crippen molar-refractivity contribution in [2.75, 3.05) is 37.1 Å². The lowest BCUT2D eigenvalue weighted by atomic mass is 10.0. The first-order valence-corrected chi connectivity index (χ1v) is 11.6. The Balaban J connectivity index is 1.70. The predicted molar refractivity (Wildman–Crippen MR) is 135 cm³/mol. The molecular formula is C27H29ClN2O4. The number of ether oxygens (including phenoxy) is 2. The van der Waals surface area contributed by atoms with Gasteiger partial charge in [0.1, 0.15) is 24.1 Å². The van der Waals surface area contributed by atoms with Gasteiger partial charge in [-0.15, -0.1) is 0 Å². The Hall–Kier alpha value is -3.22. The van der Waals surface area contributed by atoms with E-state index in [4.69, 9.17) is 26.2 Å². The van der Waals surface area contributed by atoms with E-state index >= 15 is 0 Å². The van der Waals surface area contributed by atoms with Crippen molar-refractivity contribution in [1.82, 2.24) is 0 Å². The quantitative estimate of drug-likeness (QED) is 0.470. The molecule has 178 valence electrons. The van der Waals surface area contributed by atoms with Crippen LogP contribution in [0.15, 0.2) is 54.6 Å². The molecule has 3 aromatic carbocycles. The maximum Gasteiger partial charge on any atom is 0.254 e. The number of carbonyl (C=O) groups excluding carboxylic acids is 1. The molecule has 1 aliphatic rings. The minimum Gasteiger partial charge on any atom is -0.497 e. The number of nitrogens with one attached hydrogen (secondary N) is 1. The van der Waals surface area contributed by atoms with Crippen LogP contribution in [0.1, 0.15) is 28.3 Å². The number of benzene rings is 3. The zero-order valence-corrected chi connectivity index (χ0v) is 20.4. The van der Waals surface area contributed by atoms with Crippen molar-refractivity contribution in [3.8, 4) is 11.5 Å². The Morgan fingerprint density at radius 3 is 2.50 bits per heavy atom. The standard InChI is InChI=1S/C27H29ClN2O4/c1-17-12-20-8-9-30(25(20)13-18(17)2)27(32)26(19-4-6-21(28)7-5-19)29-22-14-23(33-3)16-24(15-22)34-11-10-31/h4-7,12-16,26,29,31H,8-11H2,1-3H3. The van der Waals surface area contributed by atoms with Crippen LogP contribution in [0.25, 0.3) is 0 Å². The smallest absolute Gasteiger partial charge is 0.254 e. The molecule has 4 rings (SSSR count). The number of rotatable bonds is 8. The highest BCUT2D eigenvalue weighted by atomic mass is 35.5. The lowest BCUT2D eigenvalue weighted by Gasteiger charge is -2.27. The van der Waals surface area contributed by atoms with Crippen LogP contribution in [-0.2, 0) is 11.2 Å². The van der Waals surface area contributed by atoms with Crippen LogP contribution in [0, 0.1) is 13.8 Å². The fourth-order valence-electron chi connectivity index (χ4n) is 4.18. The summed E-state index contributed by atoms with van der Waals surface area (Å²) in [5.41, 5.74) is 6.01. The van der Waals surface area contributed by atoms with Gasteiger partial charge in [0.25, 0.3) is 5.91 Å². The van der Waals surface area contributed by atoms with Crippen LogP contribution in [-0.4, -0.2) is 37.9 Å². The fraction of sp³-hybridized carbons (Fsp3) is 0.296. The maximum absolute atomic E-state index is 13.9. The molecule has 0 spiro atoms. The van der Waals surface area contributed by atoms with Crippen LogP contribution in [0.2, 0.25) is 5.02 Å². The predicted octanol–water partition coefficient (Wildman–Crippen LogP) is 5.08. The number of aryl methyl sites for hydroxylation is 2. The second-order valence-corrected chi connectivity index (χ2v) is 8.84. The van der Waals surface area contributed by atoms with E-state index in [9.17, 15) is 4.79 Å². The molecule has 2 N–H and O–H groups in total. The monoisotopic (exact) mass is 480 g/mol. The van der Waals surface area contributed by atoms with Gasteiger partial charge in [-0.3, -0.25) is 4.79 Å². The van der Waals surface area contributed by atoms with Gasteiger partial charge in [0.15, 0.2) is 0 Å². The van der Waals surface area contributed by atoms with E-state index in [-0.39, 0.29) is 19.1 Å². The number of fused-ring (bicyclic) bond motifs is 1. The van der Waals surface area contributed by atoms with Crippen LogP contribution >= 0.6 is 11.6 Å². The molecule has 1 amide bonds. The first-order chi connectivity index (χ1) is 16.4. The molecule has 0 saturated carbocycles. The zero-order chi connectivity index (χ0) is 24.2. The van der Waals surface area contributed by atoms with E-state index in [0.29, 0.717) is 28.8 Å². The first kappa shape index (κ1) is 23.9. The summed E-state index contributed by atoms with van der Waals surface area (Å²) >= 11 is 6.12. The molecule has 0 saturated heterocycles. The lowest BCUT2D eigenvalue weighted by Crippen LogP contribution is -2.37. The summed E-state index contributed by atoms with van der Waals surface area (Å²) in [4.78, 5) is 15.8. The van der Waals surface area contributed by atoms with Gasteiger partial charge in [-0.05, 0) is 60.7 Å². The highest BCUT2D eigenvalue weighted by Gasteiger charge is 2.32. The molecule has 34 heavy (non-hydrogen) atoms. The molecular weight excluding hydrogens is 452 g/mol. The SMILES string of the molecule is COc1cc(NC(C(=O)N2CCc3cc(C)c(C)cc32)c2ccc(Cl)cc2)cc(OCCO)c1. The van der Waals surface area contributed by atoms with E-state index in [1.807, 2.05) is 23.1 Å². The molecule has 0 aromatic heterocycles. The summed E-state index contributed by atoms with van der Waals surface area (Å²) in [6.07, 6.45) is 0.827. The van der Waals surface area contributed by atoms with E-state index < -0.39 is 6.04 Å². The largest absolute Gasteiger partial charge is 0.497 e. The third kappa shape index (κ3) is 5.13. The fourth-order valence-corrected chi connectivity index (χ4v) is 4.30. The van der Waals surface area contributed by atoms with Gasteiger partial charge >= 0.3 is 0 Å². The Morgan fingerprint density at radius 1 is 1.09 bits per heavy atom. The average molecular weight is 481 g/mol. The number of methoxy groups -OCH3 is 1. The minimum atomic E-state index is -0.650. The second-order valence-electron chi connectivity index (χ2n) is 8.40. The number of halogens is 1. The molecule has 0 radical (unpaired) electrons. The summed E-state index contributed by atoms with van der Waals surface area (Å²) < 4.78 is 11.0. The zero-order valence-electron chi connectivity index (χ0n) is 19.6. The van der Waals surface area contributed by atoms with Crippen molar-refractivity contribution >= 4 is 28.9 Å². The summed E-state index contributed by atoms with van der Waals surface area (Å²) in [5.74, 6) is 1.07. The lowest BCUT2D eigenvalue weighted by molar-refractivity contribution is -0.119. The highest BCUT2D eigenvalue weighted by molar-refractivity contribution is 6.30. The van der Waals surface area contributed by atoms with Gasteiger partial charge in [0.05, 0.1) is 13.7 Å². The molecule has 1 atom stereocenters. The molecule has 7 heteroatoms. The maximum atomic E-state index is 13.9. The van der Waals surface area contributed by atoms with Crippen LogP contribution in [0.3, 0.4) is 0 Å². The molecule has 0 fully saturated rings. The minimum absolute atomic E-state index is 0.0510. The number of amides is 1. The molecule has 6 nitrogen and oxygen atoms in total. The second kappa shape index (κ2) is 10.4. The molecule has 1 unspecified atom stereocenters. The van der Waals surface area contributed by atoms with Gasteiger partial charge < -0.3 is 24.8 Å². The molecule has 1 aliphatic heterocycles. The van der Waals surface area contributed by atoms with E-state index in [2.05, 4.69) is 31.3 Å². The van der Waals surface area contributed by atoms with E-state index in [1.54, 1.807) is 31.4 Å². The van der Waals surface area contributed by atoms with Crippen LogP contribution < -0.4 is 19.7 Å². The Morgan fingerprint density at radius 2 is 1.79 bits per heavy atom. The van der Waals surface area contributed by atoms with Gasteiger partial charge in [0, 0.05) is 41.1 Å².